The minimum absolute atomic E-state index is 0.0598. The third-order valence-electron chi connectivity index (χ3n) is 2.75. The second-order valence-corrected chi connectivity index (χ2v) is 4.17. The number of aromatic nitrogens is 4. The molecule has 0 saturated carbocycles. The van der Waals surface area contributed by atoms with Gasteiger partial charge in [0.2, 0.25) is 0 Å². The Morgan fingerprint density at radius 1 is 1.44 bits per heavy atom. The first-order valence-corrected chi connectivity index (χ1v) is 5.69. The van der Waals surface area contributed by atoms with Gasteiger partial charge in [-0.25, -0.2) is 14.6 Å². The van der Waals surface area contributed by atoms with E-state index in [9.17, 15) is 0 Å². The van der Waals surface area contributed by atoms with Crippen LogP contribution in [-0.4, -0.2) is 26.4 Å². The standard InChI is InChI=1S/C10H11ClN4O/c11-9-7-5-12-6-13-10(7)14-15(9)8-3-1-2-4-16-8/h5-6,8H,1-4H2. The summed E-state index contributed by atoms with van der Waals surface area (Å²) in [6, 6.07) is 0. The van der Waals surface area contributed by atoms with Crippen LogP contribution in [0.5, 0.6) is 0 Å². The number of rotatable bonds is 1. The molecule has 84 valence electrons. The molecule has 5 nitrogen and oxygen atoms in total. The van der Waals surface area contributed by atoms with E-state index in [1.807, 2.05) is 0 Å². The van der Waals surface area contributed by atoms with Crippen molar-refractivity contribution in [1.82, 2.24) is 19.7 Å². The molecule has 3 rings (SSSR count). The van der Waals surface area contributed by atoms with Crippen LogP contribution in [0.2, 0.25) is 5.15 Å². The Morgan fingerprint density at radius 3 is 3.12 bits per heavy atom. The zero-order valence-corrected chi connectivity index (χ0v) is 9.39. The summed E-state index contributed by atoms with van der Waals surface area (Å²) in [5.41, 5.74) is 0.620. The molecule has 2 aromatic rings. The van der Waals surface area contributed by atoms with Gasteiger partial charge in [-0.15, -0.1) is 5.10 Å². The van der Waals surface area contributed by atoms with Crippen molar-refractivity contribution in [2.75, 3.05) is 6.61 Å². The quantitative estimate of drug-likeness (QED) is 0.764. The van der Waals surface area contributed by atoms with Crippen molar-refractivity contribution in [2.24, 2.45) is 0 Å². The van der Waals surface area contributed by atoms with Crippen molar-refractivity contribution in [3.05, 3.63) is 17.7 Å². The largest absolute Gasteiger partial charge is 0.356 e. The zero-order valence-electron chi connectivity index (χ0n) is 8.64. The molecule has 0 aromatic carbocycles. The highest BCUT2D eigenvalue weighted by molar-refractivity contribution is 6.34. The van der Waals surface area contributed by atoms with Gasteiger partial charge in [0, 0.05) is 12.8 Å². The van der Waals surface area contributed by atoms with Crippen LogP contribution >= 0.6 is 11.6 Å². The molecule has 1 fully saturated rings. The van der Waals surface area contributed by atoms with Crippen LogP contribution in [0.15, 0.2) is 12.5 Å². The monoisotopic (exact) mass is 238 g/mol. The van der Waals surface area contributed by atoms with Crippen LogP contribution in [0.25, 0.3) is 11.0 Å². The summed E-state index contributed by atoms with van der Waals surface area (Å²) in [6.45, 7) is 0.767. The molecule has 0 spiro atoms. The lowest BCUT2D eigenvalue weighted by atomic mass is 10.2. The molecule has 1 unspecified atom stereocenters. The first-order valence-electron chi connectivity index (χ1n) is 5.31. The fourth-order valence-corrected chi connectivity index (χ4v) is 2.21. The van der Waals surface area contributed by atoms with Crippen LogP contribution in [-0.2, 0) is 4.74 Å². The molecule has 16 heavy (non-hydrogen) atoms. The molecular weight excluding hydrogens is 228 g/mol. The zero-order chi connectivity index (χ0) is 11.0. The lowest BCUT2D eigenvalue weighted by Crippen LogP contribution is -2.19. The Labute approximate surface area is 97.4 Å². The second kappa shape index (κ2) is 3.99. The SMILES string of the molecule is Clc1c2cncnc2nn1C1CCCCO1. The van der Waals surface area contributed by atoms with Gasteiger partial charge in [-0.2, -0.15) is 0 Å². The maximum absolute atomic E-state index is 6.23. The minimum Gasteiger partial charge on any atom is -0.356 e. The van der Waals surface area contributed by atoms with Crippen molar-refractivity contribution in [1.29, 1.82) is 0 Å². The smallest absolute Gasteiger partial charge is 0.185 e. The molecule has 1 atom stereocenters. The van der Waals surface area contributed by atoms with E-state index in [2.05, 4.69) is 15.1 Å². The lowest BCUT2D eigenvalue weighted by Gasteiger charge is -2.23. The first kappa shape index (κ1) is 9.99. The van der Waals surface area contributed by atoms with E-state index in [0.717, 1.165) is 31.3 Å². The van der Waals surface area contributed by atoms with E-state index in [1.54, 1.807) is 10.9 Å². The molecule has 0 amide bonds. The van der Waals surface area contributed by atoms with Gasteiger partial charge in [0.25, 0.3) is 0 Å². The predicted molar refractivity (Wildman–Crippen MR) is 59.2 cm³/mol. The second-order valence-electron chi connectivity index (χ2n) is 3.82. The molecule has 3 heterocycles. The fourth-order valence-electron chi connectivity index (χ4n) is 1.93. The van der Waals surface area contributed by atoms with E-state index in [4.69, 9.17) is 16.3 Å². The Bertz CT molecular complexity index is 506. The summed E-state index contributed by atoms with van der Waals surface area (Å²) in [5.74, 6) is 0. The van der Waals surface area contributed by atoms with Gasteiger partial charge in [0.05, 0.1) is 5.39 Å². The Kier molecular flexibility index (Phi) is 2.49. The van der Waals surface area contributed by atoms with E-state index in [-0.39, 0.29) is 6.23 Å². The topological polar surface area (TPSA) is 52.8 Å². The molecule has 6 heteroatoms. The highest BCUT2D eigenvalue weighted by atomic mass is 35.5. The van der Waals surface area contributed by atoms with Crippen molar-refractivity contribution in [2.45, 2.75) is 25.5 Å². The molecule has 0 N–H and O–H groups in total. The fraction of sp³-hybridized carbons (Fsp3) is 0.500. The number of ether oxygens (including phenoxy) is 1. The lowest BCUT2D eigenvalue weighted by molar-refractivity contribution is -0.0389. The van der Waals surface area contributed by atoms with Gasteiger partial charge in [-0.05, 0) is 19.3 Å². The summed E-state index contributed by atoms with van der Waals surface area (Å²) in [6.07, 6.45) is 6.28. The first-order chi connectivity index (χ1) is 7.86. The third kappa shape index (κ3) is 1.56. The summed E-state index contributed by atoms with van der Waals surface area (Å²) in [4.78, 5) is 8.02. The number of nitrogens with zero attached hydrogens (tertiary/aromatic N) is 4. The van der Waals surface area contributed by atoms with Gasteiger partial charge in [0.1, 0.15) is 11.5 Å². The van der Waals surface area contributed by atoms with Crippen molar-refractivity contribution in [3.8, 4) is 0 Å². The number of hydrogen-bond acceptors (Lipinski definition) is 4. The number of fused-ring (bicyclic) bond motifs is 1. The molecule has 1 saturated heterocycles. The Hall–Kier alpha value is -1.20. The average Bonchev–Trinajstić information content (AvgIpc) is 2.69. The highest BCUT2D eigenvalue weighted by Gasteiger charge is 2.21. The molecule has 0 bridgehead atoms. The Balaban J connectivity index is 2.05. The van der Waals surface area contributed by atoms with E-state index >= 15 is 0 Å². The summed E-state index contributed by atoms with van der Waals surface area (Å²) < 4.78 is 7.35. The van der Waals surface area contributed by atoms with Crippen molar-refractivity contribution >= 4 is 22.6 Å². The number of hydrogen-bond donors (Lipinski definition) is 0. The minimum atomic E-state index is -0.0598. The van der Waals surface area contributed by atoms with Crippen LogP contribution in [0, 0.1) is 0 Å². The molecule has 1 aliphatic rings. The van der Waals surface area contributed by atoms with Crippen LogP contribution in [0.4, 0.5) is 0 Å². The molecular formula is C10H11ClN4O. The van der Waals surface area contributed by atoms with Crippen LogP contribution in [0.1, 0.15) is 25.5 Å². The molecule has 0 radical (unpaired) electrons. The maximum Gasteiger partial charge on any atom is 0.185 e. The van der Waals surface area contributed by atoms with E-state index < -0.39 is 0 Å². The van der Waals surface area contributed by atoms with Crippen LogP contribution < -0.4 is 0 Å². The van der Waals surface area contributed by atoms with Gasteiger partial charge >= 0.3 is 0 Å². The van der Waals surface area contributed by atoms with Crippen molar-refractivity contribution < 1.29 is 4.74 Å². The average molecular weight is 239 g/mol. The van der Waals surface area contributed by atoms with E-state index in [1.165, 1.54) is 6.33 Å². The molecule has 1 aliphatic heterocycles. The number of halogens is 1. The van der Waals surface area contributed by atoms with Crippen molar-refractivity contribution in [3.63, 3.8) is 0 Å². The third-order valence-corrected chi connectivity index (χ3v) is 3.12. The normalized spacial score (nSPS) is 21.4. The van der Waals surface area contributed by atoms with Gasteiger partial charge < -0.3 is 4.74 Å². The van der Waals surface area contributed by atoms with Gasteiger partial charge in [-0.1, -0.05) is 11.6 Å². The predicted octanol–water partition coefficient (Wildman–Crippen LogP) is 2.18. The summed E-state index contributed by atoms with van der Waals surface area (Å²) in [5, 5.41) is 5.68. The molecule has 2 aromatic heterocycles. The Morgan fingerprint density at radius 2 is 2.38 bits per heavy atom. The summed E-state index contributed by atoms with van der Waals surface area (Å²) >= 11 is 6.23. The van der Waals surface area contributed by atoms with Gasteiger partial charge in [-0.3, -0.25) is 0 Å². The summed E-state index contributed by atoms with van der Waals surface area (Å²) in [7, 11) is 0. The molecule has 0 aliphatic carbocycles. The maximum atomic E-state index is 6.23. The highest BCUT2D eigenvalue weighted by Crippen LogP contribution is 2.29. The van der Waals surface area contributed by atoms with E-state index in [0.29, 0.717) is 10.8 Å². The van der Waals surface area contributed by atoms with Gasteiger partial charge in [0.15, 0.2) is 11.9 Å². The van der Waals surface area contributed by atoms with Crippen LogP contribution in [0.3, 0.4) is 0 Å².